The van der Waals surface area contributed by atoms with Gasteiger partial charge in [-0.25, -0.2) is 0 Å². The molecule has 6 heteroatoms. The van der Waals surface area contributed by atoms with E-state index in [1.807, 2.05) is 45.3 Å². The fraction of sp³-hybridized carbons (Fsp3) is 0. The second-order valence-electron chi connectivity index (χ2n) is 10.2. The Morgan fingerprint density at radius 3 is 1.38 bits per heavy atom. The summed E-state index contributed by atoms with van der Waals surface area (Å²) in [7, 11) is 0. The summed E-state index contributed by atoms with van der Waals surface area (Å²) < 4.78 is 11.6. The van der Waals surface area contributed by atoms with Crippen LogP contribution in [-0.4, -0.2) is 29.0 Å². The summed E-state index contributed by atoms with van der Waals surface area (Å²) in [5.41, 5.74) is 0. The average Bonchev–Trinajstić information content (AvgIpc) is 3.80. The normalized spacial score (nSPS) is 12.5. The molecule has 0 saturated carbocycles. The molecule has 10 aromatic rings. The van der Waals surface area contributed by atoms with Gasteiger partial charge in [0, 0.05) is 0 Å². The summed E-state index contributed by atoms with van der Waals surface area (Å²) in [6.07, 6.45) is 0. The Kier molecular flexibility index (Phi) is 4.92. The first-order chi connectivity index (χ1) is 19.8. The van der Waals surface area contributed by atoms with Crippen molar-refractivity contribution in [3.63, 3.8) is 0 Å². The van der Waals surface area contributed by atoms with E-state index in [0.717, 1.165) is 0 Å². The summed E-state index contributed by atoms with van der Waals surface area (Å²) in [6, 6.07) is 32.5. The van der Waals surface area contributed by atoms with Gasteiger partial charge in [0.15, 0.2) is 0 Å². The fourth-order valence-corrected chi connectivity index (χ4v) is 15.8. The molecule has 0 atom stereocenters. The van der Waals surface area contributed by atoms with Crippen molar-refractivity contribution in [3.05, 3.63) is 94.8 Å². The number of thiophene rings is 4. The van der Waals surface area contributed by atoms with Gasteiger partial charge in [-0.3, -0.25) is 0 Å². The van der Waals surface area contributed by atoms with E-state index in [-0.39, 0.29) is 0 Å². The minimum atomic E-state index is 0.409. The Labute approximate surface area is 256 Å². The van der Waals surface area contributed by atoms with Gasteiger partial charge in [0.2, 0.25) is 0 Å². The van der Waals surface area contributed by atoms with Gasteiger partial charge in [0.25, 0.3) is 0 Å². The molecule has 0 saturated heterocycles. The molecular formula is C34H16S4Se2. The van der Waals surface area contributed by atoms with Gasteiger partial charge >= 0.3 is 259 Å². The van der Waals surface area contributed by atoms with Crippen LogP contribution in [0.5, 0.6) is 0 Å². The number of hydrogen-bond acceptors (Lipinski definition) is 4. The molecule has 0 aliphatic carbocycles. The molecule has 0 aliphatic heterocycles. The van der Waals surface area contributed by atoms with Crippen molar-refractivity contribution in [2.24, 2.45) is 0 Å². The van der Waals surface area contributed by atoms with Crippen molar-refractivity contribution in [1.82, 2.24) is 0 Å². The van der Waals surface area contributed by atoms with Crippen molar-refractivity contribution < 1.29 is 0 Å². The topological polar surface area (TPSA) is 0 Å². The second kappa shape index (κ2) is 8.51. The number of rotatable bonds is 2. The van der Waals surface area contributed by atoms with E-state index in [1.54, 1.807) is 0 Å². The quantitative estimate of drug-likeness (QED) is 0.157. The molecule has 0 amide bonds. The van der Waals surface area contributed by atoms with E-state index < -0.39 is 0 Å². The third kappa shape index (κ3) is 3.28. The monoisotopic (exact) mass is 712 g/mol. The van der Waals surface area contributed by atoms with Crippen molar-refractivity contribution in [2.45, 2.75) is 0 Å². The number of benzene rings is 4. The third-order valence-corrected chi connectivity index (χ3v) is 17.5. The predicted molar refractivity (Wildman–Crippen MR) is 185 cm³/mol. The molecule has 10 rings (SSSR count). The van der Waals surface area contributed by atoms with Crippen LogP contribution in [0.1, 0.15) is 0 Å². The summed E-state index contributed by atoms with van der Waals surface area (Å²) >= 11 is 8.71. The Morgan fingerprint density at radius 2 is 0.875 bits per heavy atom. The molecule has 0 spiro atoms. The Morgan fingerprint density at radius 1 is 0.400 bits per heavy atom. The maximum atomic E-state index is 2.46. The molecule has 0 fully saturated rings. The average molecular weight is 711 g/mol. The molecule has 0 unspecified atom stereocenters. The van der Waals surface area contributed by atoms with Crippen molar-refractivity contribution in [2.75, 3.05) is 0 Å². The van der Waals surface area contributed by atoms with Crippen LogP contribution in [0.4, 0.5) is 0 Å². The van der Waals surface area contributed by atoms with E-state index in [1.165, 1.54) is 89.9 Å². The summed E-state index contributed by atoms with van der Waals surface area (Å²) in [4.78, 5) is 7.75. The molecule has 40 heavy (non-hydrogen) atoms. The summed E-state index contributed by atoms with van der Waals surface area (Å²) in [5.74, 6) is 0. The van der Waals surface area contributed by atoms with Crippen LogP contribution in [0.3, 0.4) is 0 Å². The molecule has 0 N–H and O–H groups in total. The zero-order chi connectivity index (χ0) is 25.9. The minimum absolute atomic E-state index is 0.409. The van der Waals surface area contributed by atoms with Crippen molar-refractivity contribution in [3.8, 4) is 18.6 Å². The molecule has 6 aromatic heterocycles. The first-order valence-electron chi connectivity index (χ1n) is 13.0. The van der Waals surface area contributed by atoms with Crippen LogP contribution in [-0.2, 0) is 0 Å². The Hall–Kier alpha value is -2.50. The summed E-state index contributed by atoms with van der Waals surface area (Å²) in [6.45, 7) is 0. The molecule has 0 nitrogen and oxygen atoms in total. The summed E-state index contributed by atoms with van der Waals surface area (Å²) in [5, 5.41) is 11.3. The van der Waals surface area contributed by atoms with Gasteiger partial charge in [-0.1, -0.05) is 0 Å². The van der Waals surface area contributed by atoms with Gasteiger partial charge in [-0.15, -0.1) is 0 Å². The molecule has 6 heterocycles. The van der Waals surface area contributed by atoms with E-state index >= 15 is 0 Å². The number of fused-ring (bicyclic) bond motifs is 9. The third-order valence-electron chi connectivity index (χ3n) is 7.82. The molecule has 0 aliphatic rings. The zero-order valence-corrected chi connectivity index (χ0v) is 27.4. The first kappa shape index (κ1) is 23.1. The molecule has 188 valence electrons. The van der Waals surface area contributed by atoms with Gasteiger partial charge < -0.3 is 0 Å². The van der Waals surface area contributed by atoms with Crippen LogP contribution < -0.4 is 0 Å². The predicted octanol–water partition coefficient (Wildman–Crippen LogP) is 11.5. The van der Waals surface area contributed by atoms with Gasteiger partial charge in [-0.05, 0) is 0 Å². The maximum absolute atomic E-state index is 2.46. The second-order valence-corrected chi connectivity index (χ2v) is 18.1. The molecular weight excluding hydrogens is 695 g/mol. The van der Waals surface area contributed by atoms with Crippen LogP contribution >= 0.6 is 45.3 Å². The van der Waals surface area contributed by atoms with Gasteiger partial charge in [0.1, 0.15) is 0 Å². The fourth-order valence-electron chi connectivity index (χ4n) is 5.92. The van der Waals surface area contributed by atoms with Crippen molar-refractivity contribution >= 4 is 146 Å². The standard InChI is InChI=1S/C34H16S4Se2/c1-3-7-21-17(5-1)15-39-33(21)29-11-19-9-23-27(13-25(19)35-29)37-32-24-10-20-12-30(36-26(20)14-28(24)38-31(23)32)34-22-8-4-2-6-18(22)16-40-34/h1-16H. The molecule has 0 radical (unpaired) electrons. The van der Waals surface area contributed by atoms with Crippen molar-refractivity contribution in [1.29, 1.82) is 0 Å². The van der Waals surface area contributed by atoms with E-state index in [0.29, 0.717) is 29.0 Å². The van der Waals surface area contributed by atoms with Crippen LogP contribution in [0.15, 0.2) is 94.8 Å². The number of hydrogen-bond donors (Lipinski definition) is 0. The van der Waals surface area contributed by atoms with E-state index in [2.05, 4.69) is 94.8 Å². The molecule has 0 bridgehead atoms. The Balaban J connectivity index is 1.13. The van der Waals surface area contributed by atoms with Gasteiger partial charge in [-0.2, -0.15) is 0 Å². The first-order valence-corrected chi connectivity index (χ1v) is 19.9. The SMILES string of the molecule is c1ccc2c(-c3cc4cc5c(cc4s3)sc3c4cc6cc(-c7[se]cc8ccccc78)sc6cc4sc53)[se]cc2c1. The van der Waals surface area contributed by atoms with Crippen LogP contribution in [0.2, 0.25) is 0 Å². The zero-order valence-electron chi connectivity index (χ0n) is 20.7. The van der Waals surface area contributed by atoms with Gasteiger partial charge in [0.05, 0.1) is 0 Å². The van der Waals surface area contributed by atoms with E-state index in [4.69, 9.17) is 0 Å². The Bertz CT molecular complexity index is 2430. The van der Waals surface area contributed by atoms with E-state index in [9.17, 15) is 0 Å². The van der Waals surface area contributed by atoms with Crippen LogP contribution in [0.25, 0.3) is 89.9 Å². The molecule has 4 aromatic carbocycles. The van der Waals surface area contributed by atoms with Crippen LogP contribution in [0, 0.1) is 0 Å².